The summed E-state index contributed by atoms with van der Waals surface area (Å²) in [4.78, 5) is 15.1. The van der Waals surface area contributed by atoms with Crippen LogP contribution in [0.4, 0.5) is 10.5 Å². The van der Waals surface area contributed by atoms with Crippen LogP contribution in [0.1, 0.15) is 29.7 Å². The lowest BCUT2D eigenvalue weighted by Gasteiger charge is -2.37. The second-order valence-electron chi connectivity index (χ2n) is 8.11. The van der Waals surface area contributed by atoms with Crippen molar-refractivity contribution in [3.63, 3.8) is 0 Å². The standard InChI is InChI=1S/C27H29ClN2O4/c1-4-18-5-11-22(12-6-18)34-17-24-23-16-26(33-3)25(32-2)15-19(23)13-14-30(24)27(31)29-21-9-7-20(28)8-10-21/h5-12,15-16,24H,4,13-14,17H2,1-3H3,(H,29,31)/t24-/m1/s1. The second kappa shape index (κ2) is 10.7. The fourth-order valence-electron chi connectivity index (χ4n) is 4.18. The summed E-state index contributed by atoms with van der Waals surface area (Å²) in [5.41, 5.74) is 4.03. The van der Waals surface area contributed by atoms with Gasteiger partial charge in [0, 0.05) is 17.3 Å². The van der Waals surface area contributed by atoms with Crippen molar-refractivity contribution in [2.45, 2.75) is 25.8 Å². The van der Waals surface area contributed by atoms with Gasteiger partial charge < -0.3 is 24.4 Å². The minimum atomic E-state index is -0.304. The van der Waals surface area contributed by atoms with Crippen molar-refractivity contribution in [2.24, 2.45) is 0 Å². The maximum atomic E-state index is 13.3. The molecule has 0 bridgehead atoms. The summed E-state index contributed by atoms with van der Waals surface area (Å²) in [5.74, 6) is 2.07. The zero-order valence-corrected chi connectivity index (χ0v) is 20.4. The van der Waals surface area contributed by atoms with Gasteiger partial charge in [-0.1, -0.05) is 30.7 Å². The summed E-state index contributed by atoms with van der Waals surface area (Å²) < 4.78 is 17.2. The number of carbonyl (C=O) groups is 1. The lowest BCUT2D eigenvalue weighted by atomic mass is 9.92. The number of aryl methyl sites for hydroxylation is 1. The zero-order valence-electron chi connectivity index (χ0n) is 19.6. The van der Waals surface area contributed by atoms with Crippen molar-refractivity contribution in [3.05, 3.63) is 82.4 Å². The van der Waals surface area contributed by atoms with Crippen molar-refractivity contribution in [3.8, 4) is 17.2 Å². The molecule has 0 spiro atoms. The van der Waals surface area contributed by atoms with Gasteiger partial charge in [-0.3, -0.25) is 0 Å². The van der Waals surface area contributed by atoms with Crippen LogP contribution in [0.25, 0.3) is 0 Å². The van der Waals surface area contributed by atoms with E-state index in [2.05, 4.69) is 24.4 Å². The van der Waals surface area contributed by atoms with Gasteiger partial charge in [0.2, 0.25) is 0 Å². The Labute approximate surface area is 205 Å². The average molecular weight is 481 g/mol. The number of benzene rings is 3. The van der Waals surface area contributed by atoms with Gasteiger partial charge in [0.05, 0.1) is 20.3 Å². The maximum absolute atomic E-state index is 13.3. The Balaban J connectivity index is 1.62. The maximum Gasteiger partial charge on any atom is 0.322 e. The number of rotatable bonds is 7. The van der Waals surface area contributed by atoms with E-state index in [1.807, 2.05) is 29.2 Å². The highest BCUT2D eigenvalue weighted by atomic mass is 35.5. The lowest BCUT2D eigenvalue weighted by molar-refractivity contribution is 0.144. The van der Waals surface area contributed by atoms with E-state index in [4.69, 9.17) is 25.8 Å². The summed E-state index contributed by atoms with van der Waals surface area (Å²) in [7, 11) is 3.23. The van der Waals surface area contributed by atoms with Gasteiger partial charge in [0.1, 0.15) is 12.4 Å². The Morgan fingerprint density at radius 2 is 1.71 bits per heavy atom. The molecule has 1 aliphatic rings. The Kier molecular flexibility index (Phi) is 7.48. The molecular weight excluding hydrogens is 452 g/mol. The number of amides is 2. The van der Waals surface area contributed by atoms with Crippen LogP contribution in [-0.4, -0.2) is 38.3 Å². The largest absolute Gasteiger partial charge is 0.493 e. The number of hydrogen-bond donors (Lipinski definition) is 1. The van der Waals surface area contributed by atoms with Gasteiger partial charge in [-0.2, -0.15) is 0 Å². The number of anilines is 1. The normalized spacial score (nSPS) is 14.8. The Morgan fingerprint density at radius 3 is 2.35 bits per heavy atom. The number of hydrogen-bond acceptors (Lipinski definition) is 4. The first-order chi connectivity index (χ1) is 16.5. The minimum Gasteiger partial charge on any atom is -0.493 e. The second-order valence-corrected chi connectivity index (χ2v) is 8.55. The van der Waals surface area contributed by atoms with E-state index in [0.29, 0.717) is 41.8 Å². The van der Waals surface area contributed by atoms with Gasteiger partial charge in [-0.05, 0) is 78.1 Å². The molecule has 4 rings (SSSR count). The first-order valence-corrected chi connectivity index (χ1v) is 11.7. The summed E-state index contributed by atoms with van der Waals surface area (Å²) in [6.07, 6.45) is 1.67. The number of nitrogens with one attached hydrogen (secondary N) is 1. The number of urea groups is 1. The van der Waals surface area contributed by atoms with Crippen LogP contribution in [0.5, 0.6) is 17.2 Å². The van der Waals surface area contributed by atoms with Crippen LogP contribution in [0.3, 0.4) is 0 Å². The van der Waals surface area contributed by atoms with Crippen molar-refractivity contribution in [1.29, 1.82) is 0 Å². The summed E-state index contributed by atoms with van der Waals surface area (Å²) >= 11 is 5.99. The quantitative estimate of drug-likeness (QED) is 0.442. The molecule has 1 aliphatic heterocycles. The molecule has 6 nitrogen and oxygen atoms in total. The molecule has 3 aromatic carbocycles. The molecule has 178 valence electrons. The molecule has 0 fully saturated rings. The van der Waals surface area contributed by atoms with Gasteiger partial charge in [-0.15, -0.1) is 0 Å². The SMILES string of the molecule is CCc1ccc(OC[C@@H]2c3cc(OC)c(OC)cc3CCN2C(=O)Nc2ccc(Cl)cc2)cc1. The highest BCUT2D eigenvalue weighted by Gasteiger charge is 2.33. The topological polar surface area (TPSA) is 60.0 Å². The Hall–Kier alpha value is -3.38. The predicted molar refractivity (Wildman–Crippen MR) is 134 cm³/mol. The number of halogens is 1. The van der Waals surface area contributed by atoms with Crippen LogP contribution in [0, 0.1) is 0 Å². The molecule has 0 unspecified atom stereocenters. The molecule has 1 heterocycles. The van der Waals surface area contributed by atoms with Crippen LogP contribution in [0.15, 0.2) is 60.7 Å². The third-order valence-corrected chi connectivity index (χ3v) is 6.35. The highest BCUT2D eigenvalue weighted by molar-refractivity contribution is 6.30. The highest BCUT2D eigenvalue weighted by Crippen LogP contribution is 2.38. The molecule has 1 N–H and O–H groups in total. The molecule has 3 aromatic rings. The molecular formula is C27H29ClN2O4. The molecule has 0 saturated heterocycles. The Bertz CT molecular complexity index is 1130. The summed E-state index contributed by atoms with van der Waals surface area (Å²) in [6.45, 7) is 2.97. The summed E-state index contributed by atoms with van der Waals surface area (Å²) in [5, 5.41) is 3.60. The lowest BCUT2D eigenvalue weighted by Crippen LogP contribution is -2.44. The molecule has 0 aromatic heterocycles. The van der Waals surface area contributed by atoms with Crippen molar-refractivity contribution < 1.29 is 19.0 Å². The van der Waals surface area contributed by atoms with E-state index in [0.717, 1.165) is 23.3 Å². The van der Waals surface area contributed by atoms with Crippen LogP contribution < -0.4 is 19.5 Å². The van der Waals surface area contributed by atoms with Crippen LogP contribution in [0.2, 0.25) is 5.02 Å². The number of fused-ring (bicyclic) bond motifs is 1. The first-order valence-electron chi connectivity index (χ1n) is 11.3. The van der Waals surface area contributed by atoms with E-state index < -0.39 is 0 Å². The smallest absolute Gasteiger partial charge is 0.322 e. The molecule has 2 amide bonds. The van der Waals surface area contributed by atoms with E-state index >= 15 is 0 Å². The fraction of sp³-hybridized carbons (Fsp3) is 0.296. The first kappa shape index (κ1) is 23.8. The van der Waals surface area contributed by atoms with Gasteiger partial charge in [-0.25, -0.2) is 4.79 Å². The molecule has 7 heteroatoms. The van der Waals surface area contributed by atoms with Crippen molar-refractivity contribution >= 4 is 23.3 Å². The van der Waals surface area contributed by atoms with Gasteiger partial charge in [0.15, 0.2) is 11.5 Å². The van der Waals surface area contributed by atoms with Gasteiger partial charge in [0.25, 0.3) is 0 Å². The van der Waals surface area contributed by atoms with Crippen molar-refractivity contribution in [1.82, 2.24) is 4.90 Å². The van der Waals surface area contributed by atoms with E-state index in [1.54, 1.807) is 38.5 Å². The number of methoxy groups -OCH3 is 2. The van der Waals surface area contributed by atoms with E-state index in [-0.39, 0.29) is 12.1 Å². The molecule has 0 radical (unpaired) electrons. The van der Waals surface area contributed by atoms with Crippen LogP contribution in [-0.2, 0) is 12.8 Å². The molecule has 1 atom stereocenters. The number of ether oxygens (including phenoxy) is 3. The summed E-state index contributed by atoms with van der Waals surface area (Å²) in [6, 6.07) is 18.6. The fourth-order valence-corrected chi connectivity index (χ4v) is 4.30. The third-order valence-electron chi connectivity index (χ3n) is 6.10. The average Bonchev–Trinajstić information content (AvgIpc) is 2.87. The molecule has 34 heavy (non-hydrogen) atoms. The van der Waals surface area contributed by atoms with Gasteiger partial charge >= 0.3 is 6.03 Å². The van der Waals surface area contributed by atoms with Crippen molar-refractivity contribution in [2.75, 3.05) is 32.7 Å². The zero-order chi connectivity index (χ0) is 24.1. The number of carbonyl (C=O) groups excluding carboxylic acids is 1. The molecule has 0 saturated carbocycles. The Morgan fingerprint density at radius 1 is 1.03 bits per heavy atom. The minimum absolute atomic E-state index is 0.197. The third kappa shape index (κ3) is 5.23. The van der Waals surface area contributed by atoms with E-state index in [9.17, 15) is 4.79 Å². The number of nitrogens with zero attached hydrogens (tertiary/aromatic N) is 1. The molecule has 0 aliphatic carbocycles. The van der Waals surface area contributed by atoms with Crippen LogP contribution >= 0.6 is 11.6 Å². The van der Waals surface area contributed by atoms with E-state index in [1.165, 1.54) is 5.56 Å². The predicted octanol–water partition coefficient (Wildman–Crippen LogP) is 6.13. The monoisotopic (exact) mass is 480 g/mol.